The number of carbonyl (C=O) groups is 1. The molecule has 0 amide bonds. The van der Waals surface area contributed by atoms with Gasteiger partial charge in [0.1, 0.15) is 29.4 Å². The zero-order valence-electron chi connectivity index (χ0n) is 20.4. The number of hydrogen-bond acceptors (Lipinski definition) is 7. The Kier molecular flexibility index (Phi) is 7.50. The van der Waals surface area contributed by atoms with Crippen molar-refractivity contribution >= 4 is 34.2 Å². The highest BCUT2D eigenvalue weighted by molar-refractivity contribution is 6.32. The van der Waals surface area contributed by atoms with Gasteiger partial charge in [-0.1, -0.05) is 48.0 Å². The van der Waals surface area contributed by atoms with E-state index in [0.29, 0.717) is 49.9 Å². The average Bonchev–Trinajstić information content (AvgIpc) is 2.87. The number of halogens is 1. The van der Waals surface area contributed by atoms with Crippen LogP contribution in [0.2, 0.25) is 5.02 Å². The molecule has 0 bridgehead atoms. The molecule has 0 radical (unpaired) electrons. The first kappa shape index (κ1) is 25.1. The summed E-state index contributed by atoms with van der Waals surface area (Å²) in [6.07, 6.45) is 0. The molecule has 36 heavy (non-hydrogen) atoms. The Morgan fingerprint density at radius 2 is 1.69 bits per heavy atom. The molecule has 1 heterocycles. The molecule has 0 aliphatic carbocycles. The molecule has 0 fully saturated rings. The van der Waals surface area contributed by atoms with E-state index in [9.17, 15) is 9.59 Å². The van der Waals surface area contributed by atoms with Crippen LogP contribution in [0.3, 0.4) is 0 Å². The third kappa shape index (κ3) is 5.02. The summed E-state index contributed by atoms with van der Waals surface area (Å²) >= 11 is 6.42. The minimum Gasteiger partial charge on any atom is -0.494 e. The number of methoxy groups -OCH3 is 2. The van der Waals surface area contributed by atoms with Gasteiger partial charge in [-0.2, -0.15) is 0 Å². The molecule has 186 valence electrons. The van der Waals surface area contributed by atoms with E-state index in [1.807, 2.05) is 55.5 Å². The van der Waals surface area contributed by atoms with E-state index in [-0.39, 0.29) is 6.61 Å². The molecule has 0 aliphatic rings. The van der Waals surface area contributed by atoms with Gasteiger partial charge in [0.25, 0.3) is 0 Å². The highest BCUT2D eigenvalue weighted by atomic mass is 35.5. The smallest absolute Gasteiger partial charge is 0.342 e. The van der Waals surface area contributed by atoms with Crippen LogP contribution in [0, 0.1) is 0 Å². The lowest BCUT2D eigenvalue weighted by atomic mass is 9.93. The van der Waals surface area contributed by atoms with Crippen LogP contribution in [0.4, 0.5) is 5.69 Å². The van der Waals surface area contributed by atoms with Gasteiger partial charge >= 0.3 is 11.6 Å². The number of benzene rings is 3. The summed E-state index contributed by atoms with van der Waals surface area (Å²) in [7, 11) is 3.14. The van der Waals surface area contributed by atoms with Crippen molar-refractivity contribution in [2.75, 3.05) is 19.5 Å². The zero-order valence-corrected chi connectivity index (χ0v) is 21.1. The highest BCUT2D eigenvalue weighted by Gasteiger charge is 2.24. The Balaban J connectivity index is 1.94. The fourth-order valence-electron chi connectivity index (χ4n) is 4.16. The van der Waals surface area contributed by atoms with E-state index in [1.165, 1.54) is 6.92 Å². The van der Waals surface area contributed by atoms with Gasteiger partial charge in [-0.15, -0.1) is 0 Å². The summed E-state index contributed by atoms with van der Waals surface area (Å²) in [5, 5.41) is 4.38. The second-order valence-corrected chi connectivity index (χ2v) is 8.58. The third-order valence-electron chi connectivity index (χ3n) is 5.82. The maximum Gasteiger partial charge on any atom is 0.342 e. The lowest BCUT2D eigenvalue weighted by molar-refractivity contribution is -0.142. The molecule has 1 aromatic heterocycles. The van der Waals surface area contributed by atoms with Crippen LogP contribution in [0.1, 0.15) is 31.0 Å². The fourth-order valence-corrected chi connectivity index (χ4v) is 4.37. The molecule has 3 aromatic carbocycles. The van der Waals surface area contributed by atoms with Crippen LogP contribution < -0.4 is 20.4 Å². The Bertz CT molecular complexity index is 1440. The molecule has 7 nitrogen and oxygen atoms in total. The minimum atomic E-state index is -0.501. The quantitative estimate of drug-likeness (QED) is 0.219. The summed E-state index contributed by atoms with van der Waals surface area (Å²) in [5.41, 5.74) is 2.98. The number of hydrogen-bond donors (Lipinski definition) is 1. The molecule has 1 N–H and O–H groups in total. The molecule has 8 heteroatoms. The number of fused-ring (bicyclic) bond motifs is 1. The average molecular weight is 508 g/mol. The van der Waals surface area contributed by atoms with Gasteiger partial charge in [-0.3, -0.25) is 4.79 Å². The van der Waals surface area contributed by atoms with Gasteiger partial charge in [-0.05, 0) is 30.7 Å². The summed E-state index contributed by atoms with van der Waals surface area (Å²) in [5.74, 6) is 0.726. The molecule has 4 aromatic rings. The Morgan fingerprint density at radius 3 is 2.31 bits per heavy atom. The van der Waals surface area contributed by atoms with Crippen molar-refractivity contribution in [2.45, 2.75) is 26.5 Å². The number of esters is 1. The van der Waals surface area contributed by atoms with Gasteiger partial charge in [0, 0.05) is 29.5 Å². The predicted octanol–water partition coefficient (Wildman–Crippen LogP) is 6.37. The largest absolute Gasteiger partial charge is 0.494 e. The monoisotopic (exact) mass is 507 g/mol. The van der Waals surface area contributed by atoms with Crippen molar-refractivity contribution in [2.24, 2.45) is 0 Å². The first-order valence-corrected chi connectivity index (χ1v) is 11.7. The maximum atomic E-state index is 13.4. The van der Waals surface area contributed by atoms with Gasteiger partial charge in [0.05, 0.1) is 30.8 Å². The summed E-state index contributed by atoms with van der Waals surface area (Å²) in [4.78, 5) is 24.8. The van der Waals surface area contributed by atoms with Crippen molar-refractivity contribution < 1.29 is 23.4 Å². The predicted molar refractivity (Wildman–Crippen MR) is 140 cm³/mol. The second kappa shape index (κ2) is 10.7. The van der Waals surface area contributed by atoms with E-state index in [2.05, 4.69) is 5.32 Å². The van der Waals surface area contributed by atoms with Crippen LogP contribution in [-0.4, -0.2) is 20.2 Å². The van der Waals surface area contributed by atoms with Gasteiger partial charge in [0.15, 0.2) is 0 Å². The molecule has 0 spiro atoms. The lowest BCUT2D eigenvalue weighted by Gasteiger charge is -2.22. The molecular formula is C28H26ClNO6. The van der Waals surface area contributed by atoms with Gasteiger partial charge in [-0.25, -0.2) is 4.79 Å². The van der Waals surface area contributed by atoms with E-state index in [4.69, 9.17) is 30.2 Å². The standard InChI is InChI=1S/C28H26ClNO6/c1-16(30-27-22(33-3)11-8-12-23(27)34-4)25-26(18-9-6-5-7-10-18)20-13-19(15-35-17(2)31)21(29)14-24(20)36-28(25)32/h5-14,16,30H,15H2,1-4H3. The van der Waals surface area contributed by atoms with Crippen LogP contribution in [0.15, 0.2) is 69.9 Å². The molecule has 4 rings (SSSR count). The molecule has 0 saturated carbocycles. The molecular weight excluding hydrogens is 482 g/mol. The molecule has 0 aliphatic heterocycles. The number of anilines is 1. The van der Waals surface area contributed by atoms with E-state index in [0.717, 1.165) is 5.56 Å². The second-order valence-electron chi connectivity index (χ2n) is 8.17. The van der Waals surface area contributed by atoms with Crippen molar-refractivity contribution in [1.29, 1.82) is 0 Å². The Hall–Kier alpha value is -3.97. The van der Waals surface area contributed by atoms with Gasteiger partial charge < -0.3 is 23.9 Å². The molecule has 1 atom stereocenters. The van der Waals surface area contributed by atoms with Crippen molar-refractivity contribution in [3.63, 3.8) is 0 Å². The normalized spacial score (nSPS) is 11.7. The number of nitrogens with one attached hydrogen (secondary N) is 1. The summed E-state index contributed by atoms with van der Waals surface area (Å²) in [6, 6.07) is 17.9. The van der Waals surface area contributed by atoms with Crippen LogP contribution in [-0.2, 0) is 16.1 Å². The zero-order chi connectivity index (χ0) is 25.8. The SMILES string of the molecule is COc1cccc(OC)c1NC(C)c1c(-c2ccccc2)c2cc(COC(C)=O)c(Cl)cc2oc1=O. The van der Waals surface area contributed by atoms with E-state index in [1.54, 1.807) is 26.4 Å². The topological polar surface area (TPSA) is 87.0 Å². The van der Waals surface area contributed by atoms with Crippen LogP contribution in [0.25, 0.3) is 22.1 Å². The first-order chi connectivity index (χ1) is 17.3. The van der Waals surface area contributed by atoms with Crippen LogP contribution in [0.5, 0.6) is 11.5 Å². The minimum absolute atomic E-state index is 0.000979. The number of para-hydroxylation sites is 1. The number of rotatable bonds is 8. The third-order valence-corrected chi connectivity index (χ3v) is 6.18. The summed E-state index contributed by atoms with van der Waals surface area (Å²) < 4.78 is 21.9. The maximum absolute atomic E-state index is 13.4. The van der Waals surface area contributed by atoms with Crippen molar-refractivity contribution in [1.82, 2.24) is 0 Å². The Labute approximate surface area is 213 Å². The Morgan fingerprint density at radius 1 is 1.03 bits per heavy atom. The lowest BCUT2D eigenvalue weighted by Crippen LogP contribution is -2.19. The van der Waals surface area contributed by atoms with Crippen LogP contribution >= 0.6 is 11.6 Å². The number of carbonyl (C=O) groups excluding carboxylic acids is 1. The van der Waals surface area contributed by atoms with Crippen molar-refractivity contribution in [3.05, 3.63) is 87.2 Å². The van der Waals surface area contributed by atoms with E-state index >= 15 is 0 Å². The first-order valence-electron chi connectivity index (χ1n) is 11.3. The summed E-state index contributed by atoms with van der Waals surface area (Å²) in [6.45, 7) is 3.20. The fraction of sp³-hybridized carbons (Fsp3) is 0.214. The molecule has 1 unspecified atom stereocenters. The van der Waals surface area contributed by atoms with E-state index < -0.39 is 17.6 Å². The van der Waals surface area contributed by atoms with Gasteiger partial charge in [0.2, 0.25) is 0 Å². The highest BCUT2D eigenvalue weighted by Crippen LogP contribution is 2.40. The number of ether oxygens (including phenoxy) is 3. The van der Waals surface area contributed by atoms with Crippen molar-refractivity contribution in [3.8, 4) is 22.6 Å². The molecule has 0 saturated heterocycles.